The van der Waals surface area contributed by atoms with Crippen LogP contribution in [0.25, 0.3) is 5.69 Å². The van der Waals surface area contributed by atoms with Crippen LogP contribution in [-0.4, -0.2) is 27.0 Å². The molecule has 1 aliphatic rings. The Labute approximate surface area is 201 Å². The van der Waals surface area contributed by atoms with Gasteiger partial charge in [-0.05, 0) is 59.9 Å². The largest absolute Gasteiger partial charge is 0.507 e. The first-order valence-electron chi connectivity index (χ1n) is 11.8. The Hall–Kier alpha value is -3.41. The van der Waals surface area contributed by atoms with E-state index < -0.39 is 0 Å². The van der Waals surface area contributed by atoms with E-state index in [0.717, 1.165) is 52.9 Å². The van der Waals surface area contributed by atoms with Gasteiger partial charge in [-0.25, -0.2) is 10.1 Å². The van der Waals surface area contributed by atoms with Crippen LogP contribution in [0.3, 0.4) is 0 Å². The number of benzene rings is 2. The molecule has 3 aromatic rings. The van der Waals surface area contributed by atoms with E-state index in [9.17, 15) is 9.90 Å². The fraction of sp³-hybridized carbons (Fsp3) is 0.393. The second-order valence-corrected chi connectivity index (χ2v) is 11.0. The number of para-hydroxylation sites is 1. The number of phenolic OH excluding ortho intramolecular Hbond substituents is 1. The lowest BCUT2D eigenvalue weighted by molar-refractivity contribution is 0.0949. The van der Waals surface area contributed by atoms with Crippen LogP contribution in [-0.2, 0) is 23.7 Å². The van der Waals surface area contributed by atoms with Gasteiger partial charge < -0.3 is 5.11 Å². The summed E-state index contributed by atoms with van der Waals surface area (Å²) in [6, 6.07) is 13.8. The number of nitrogens with zero attached hydrogens (tertiary/aromatic N) is 3. The van der Waals surface area contributed by atoms with Gasteiger partial charge in [0.1, 0.15) is 5.75 Å². The van der Waals surface area contributed by atoms with Crippen molar-refractivity contribution in [1.82, 2.24) is 15.2 Å². The second-order valence-electron chi connectivity index (χ2n) is 11.0. The summed E-state index contributed by atoms with van der Waals surface area (Å²) in [6.45, 7) is 12.4. The highest BCUT2D eigenvalue weighted by Gasteiger charge is 2.28. The molecule has 0 saturated carbocycles. The Morgan fingerprint density at radius 3 is 2.24 bits per heavy atom. The van der Waals surface area contributed by atoms with Gasteiger partial charge in [0.2, 0.25) is 0 Å². The van der Waals surface area contributed by atoms with Crippen molar-refractivity contribution >= 4 is 12.1 Å². The number of nitrogens with one attached hydrogen (secondary N) is 1. The van der Waals surface area contributed by atoms with Crippen LogP contribution in [0.5, 0.6) is 5.75 Å². The zero-order valence-corrected chi connectivity index (χ0v) is 20.9. The highest BCUT2D eigenvalue weighted by Crippen LogP contribution is 2.39. The van der Waals surface area contributed by atoms with E-state index in [2.05, 4.69) is 57.2 Å². The number of aromatic hydroxyl groups is 1. The summed E-state index contributed by atoms with van der Waals surface area (Å²) in [6.07, 6.45) is 4.40. The van der Waals surface area contributed by atoms with E-state index in [1.807, 2.05) is 47.1 Å². The third-order valence-corrected chi connectivity index (χ3v) is 6.27. The first kappa shape index (κ1) is 23.7. The number of hydrogen-bond donors (Lipinski definition) is 2. The predicted octanol–water partition coefficient (Wildman–Crippen LogP) is 5.43. The van der Waals surface area contributed by atoms with Gasteiger partial charge in [0, 0.05) is 22.4 Å². The molecule has 4 rings (SSSR count). The average Bonchev–Trinajstić information content (AvgIpc) is 3.36. The summed E-state index contributed by atoms with van der Waals surface area (Å²) in [5.74, 6) is 0.0122. The average molecular weight is 459 g/mol. The summed E-state index contributed by atoms with van der Waals surface area (Å²) in [5, 5.41) is 19.8. The van der Waals surface area contributed by atoms with Crippen molar-refractivity contribution in [2.75, 3.05) is 0 Å². The number of aromatic nitrogens is 2. The highest BCUT2D eigenvalue weighted by molar-refractivity contribution is 5.95. The van der Waals surface area contributed by atoms with Crippen LogP contribution in [0.15, 0.2) is 47.6 Å². The Morgan fingerprint density at radius 2 is 1.65 bits per heavy atom. The lowest BCUT2D eigenvalue weighted by Crippen LogP contribution is -2.20. The minimum Gasteiger partial charge on any atom is -0.507 e. The van der Waals surface area contributed by atoms with Crippen molar-refractivity contribution in [3.05, 3.63) is 76.1 Å². The van der Waals surface area contributed by atoms with Gasteiger partial charge in [-0.15, -0.1) is 0 Å². The van der Waals surface area contributed by atoms with Gasteiger partial charge in [-0.2, -0.15) is 10.2 Å². The van der Waals surface area contributed by atoms with Gasteiger partial charge in [0.05, 0.1) is 11.9 Å². The third kappa shape index (κ3) is 4.63. The number of carbonyl (C=O) groups is 1. The van der Waals surface area contributed by atoms with Gasteiger partial charge in [0.15, 0.2) is 5.69 Å². The molecular formula is C28H34N4O2. The Balaban J connectivity index is 1.61. The fourth-order valence-corrected chi connectivity index (χ4v) is 4.50. The second kappa shape index (κ2) is 8.75. The van der Waals surface area contributed by atoms with Crippen molar-refractivity contribution in [1.29, 1.82) is 0 Å². The number of rotatable bonds is 4. The Bertz CT molecular complexity index is 1210. The first-order valence-corrected chi connectivity index (χ1v) is 11.8. The molecule has 2 aromatic carbocycles. The SMILES string of the molecule is CC(C)(C)c1cc(/C=N/NC(=O)c2nn(-c3ccccc3)c3c2CCC3)cc(C(C)(C)C)c1O. The zero-order valence-electron chi connectivity index (χ0n) is 20.9. The molecule has 6 heteroatoms. The molecule has 6 nitrogen and oxygen atoms in total. The van der Waals surface area contributed by atoms with Crippen LogP contribution in [0, 0.1) is 0 Å². The molecule has 0 unspecified atom stereocenters. The quantitative estimate of drug-likeness (QED) is 0.404. The molecule has 1 heterocycles. The van der Waals surface area contributed by atoms with E-state index in [-0.39, 0.29) is 16.7 Å². The van der Waals surface area contributed by atoms with Crippen molar-refractivity contribution in [2.24, 2.45) is 5.10 Å². The molecule has 34 heavy (non-hydrogen) atoms. The minimum atomic E-state index is -0.310. The molecule has 0 radical (unpaired) electrons. The molecule has 1 aromatic heterocycles. The predicted molar refractivity (Wildman–Crippen MR) is 136 cm³/mol. The molecular weight excluding hydrogens is 424 g/mol. The van der Waals surface area contributed by atoms with Gasteiger partial charge in [-0.1, -0.05) is 59.7 Å². The Morgan fingerprint density at radius 1 is 1.03 bits per heavy atom. The monoisotopic (exact) mass is 458 g/mol. The summed E-state index contributed by atoms with van der Waals surface area (Å²) in [7, 11) is 0. The maximum atomic E-state index is 13.0. The topological polar surface area (TPSA) is 79.5 Å². The van der Waals surface area contributed by atoms with Crippen LogP contribution >= 0.6 is 0 Å². The summed E-state index contributed by atoms with van der Waals surface area (Å²) in [5.41, 5.74) is 8.23. The third-order valence-electron chi connectivity index (χ3n) is 6.27. The zero-order chi connectivity index (χ0) is 24.7. The molecule has 0 fully saturated rings. The number of phenols is 1. The van der Waals surface area contributed by atoms with E-state index in [4.69, 9.17) is 0 Å². The lowest BCUT2D eigenvalue weighted by atomic mass is 9.78. The van der Waals surface area contributed by atoms with Crippen LogP contribution < -0.4 is 5.43 Å². The lowest BCUT2D eigenvalue weighted by Gasteiger charge is -2.27. The van der Waals surface area contributed by atoms with Crippen LogP contribution in [0.4, 0.5) is 0 Å². The maximum absolute atomic E-state index is 13.0. The molecule has 1 amide bonds. The standard InChI is InChI=1S/C28H34N4O2/c1-27(2,3)21-15-18(16-22(25(21)33)28(4,5)6)17-29-30-26(34)24-20-13-10-14-23(20)32(31-24)19-11-8-7-9-12-19/h7-9,11-12,15-17,33H,10,13-14H2,1-6H3,(H,30,34)/b29-17+. The van der Waals surface area contributed by atoms with Crippen molar-refractivity contribution in [2.45, 2.75) is 71.6 Å². The van der Waals surface area contributed by atoms with E-state index in [1.165, 1.54) is 0 Å². The fourth-order valence-electron chi connectivity index (χ4n) is 4.50. The van der Waals surface area contributed by atoms with E-state index in [1.54, 1.807) is 6.21 Å². The number of amides is 1. The summed E-state index contributed by atoms with van der Waals surface area (Å²) in [4.78, 5) is 13.0. The van der Waals surface area contributed by atoms with Crippen molar-refractivity contribution in [3.8, 4) is 11.4 Å². The molecule has 0 spiro atoms. The van der Waals surface area contributed by atoms with Gasteiger partial charge in [-0.3, -0.25) is 4.79 Å². The first-order chi connectivity index (χ1) is 16.0. The van der Waals surface area contributed by atoms with Crippen molar-refractivity contribution < 1.29 is 9.90 Å². The number of carbonyl (C=O) groups excluding carboxylic acids is 1. The molecule has 0 saturated heterocycles. The molecule has 1 aliphatic carbocycles. The smallest absolute Gasteiger partial charge is 0.292 e. The summed E-state index contributed by atoms with van der Waals surface area (Å²) >= 11 is 0. The van der Waals surface area contributed by atoms with Crippen LogP contribution in [0.1, 0.15) is 86.4 Å². The number of hydrazone groups is 1. The molecule has 2 N–H and O–H groups in total. The molecule has 0 bridgehead atoms. The molecule has 0 atom stereocenters. The summed E-state index contributed by atoms with van der Waals surface area (Å²) < 4.78 is 1.88. The van der Waals surface area contributed by atoms with Gasteiger partial charge in [0.25, 0.3) is 5.91 Å². The van der Waals surface area contributed by atoms with E-state index >= 15 is 0 Å². The van der Waals surface area contributed by atoms with Crippen LogP contribution in [0.2, 0.25) is 0 Å². The normalized spacial score (nSPS) is 13.9. The molecule has 178 valence electrons. The maximum Gasteiger partial charge on any atom is 0.292 e. The minimum absolute atomic E-state index is 0.234. The number of fused-ring (bicyclic) bond motifs is 1. The highest BCUT2D eigenvalue weighted by atomic mass is 16.3. The molecule has 0 aliphatic heterocycles. The van der Waals surface area contributed by atoms with Crippen molar-refractivity contribution in [3.63, 3.8) is 0 Å². The van der Waals surface area contributed by atoms with Gasteiger partial charge >= 0.3 is 0 Å². The van der Waals surface area contributed by atoms with E-state index in [0.29, 0.717) is 11.4 Å². The Kier molecular flexibility index (Phi) is 6.11. The number of hydrogen-bond acceptors (Lipinski definition) is 4.